The third-order valence-corrected chi connectivity index (χ3v) is 4.00. The van der Waals surface area contributed by atoms with Gasteiger partial charge in [0.15, 0.2) is 5.11 Å². The first-order valence-corrected chi connectivity index (χ1v) is 7.90. The maximum atomic E-state index is 12.3. The minimum absolute atomic E-state index is 0.122. The van der Waals surface area contributed by atoms with Gasteiger partial charge >= 0.3 is 0 Å². The molecule has 0 saturated carbocycles. The van der Waals surface area contributed by atoms with Gasteiger partial charge < -0.3 is 14.8 Å². The third kappa shape index (κ3) is 4.50. The summed E-state index contributed by atoms with van der Waals surface area (Å²) in [5, 5.41) is 6.37. The molecular weight excluding hydrogens is 371 g/mol. The Bertz CT molecular complexity index is 784. The molecule has 8 heteroatoms. The fourth-order valence-corrected chi connectivity index (χ4v) is 2.40. The highest BCUT2D eigenvalue weighted by Crippen LogP contribution is 2.26. The van der Waals surface area contributed by atoms with Crippen LogP contribution in [0.5, 0.6) is 11.5 Å². The Morgan fingerprint density at radius 3 is 2.42 bits per heavy atom. The minimum atomic E-state index is -0.410. The molecule has 0 aliphatic rings. The van der Waals surface area contributed by atoms with Gasteiger partial charge in [-0.1, -0.05) is 23.2 Å². The molecule has 0 spiro atoms. The van der Waals surface area contributed by atoms with Crippen molar-refractivity contribution < 1.29 is 14.3 Å². The first-order valence-electron chi connectivity index (χ1n) is 6.74. The molecule has 0 radical (unpaired) electrons. The fraction of sp³-hybridized carbons (Fsp3) is 0.125. The highest BCUT2D eigenvalue weighted by Gasteiger charge is 2.14. The van der Waals surface area contributed by atoms with Crippen LogP contribution in [0.3, 0.4) is 0 Å². The molecule has 126 valence electrons. The summed E-state index contributed by atoms with van der Waals surface area (Å²) in [7, 11) is 3.00. The number of halogens is 2. The van der Waals surface area contributed by atoms with E-state index < -0.39 is 5.91 Å². The quantitative estimate of drug-likeness (QED) is 0.775. The lowest BCUT2D eigenvalue weighted by molar-refractivity contribution is 0.0974. The number of amides is 1. The first-order chi connectivity index (χ1) is 11.4. The minimum Gasteiger partial charge on any atom is -0.497 e. The number of carbonyl (C=O) groups is 1. The van der Waals surface area contributed by atoms with Crippen molar-refractivity contribution in [1.82, 2.24) is 5.32 Å². The smallest absolute Gasteiger partial charge is 0.261 e. The average molecular weight is 385 g/mol. The van der Waals surface area contributed by atoms with Crippen molar-refractivity contribution in [1.29, 1.82) is 0 Å². The summed E-state index contributed by atoms with van der Waals surface area (Å²) in [5.41, 5.74) is 0.938. The van der Waals surface area contributed by atoms with Crippen molar-refractivity contribution in [3.8, 4) is 11.5 Å². The topological polar surface area (TPSA) is 59.6 Å². The third-order valence-electron chi connectivity index (χ3n) is 3.06. The van der Waals surface area contributed by atoms with E-state index in [0.717, 1.165) is 0 Å². The van der Waals surface area contributed by atoms with E-state index in [4.69, 9.17) is 44.9 Å². The van der Waals surface area contributed by atoms with Crippen LogP contribution in [0.25, 0.3) is 0 Å². The second kappa shape index (κ2) is 8.19. The molecule has 24 heavy (non-hydrogen) atoms. The second-order valence-corrected chi connectivity index (χ2v) is 5.83. The Morgan fingerprint density at radius 1 is 1.04 bits per heavy atom. The van der Waals surface area contributed by atoms with Crippen LogP contribution in [0.15, 0.2) is 36.4 Å². The zero-order valence-electron chi connectivity index (χ0n) is 12.9. The average Bonchev–Trinajstić information content (AvgIpc) is 2.57. The van der Waals surface area contributed by atoms with Gasteiger partial charge in [-0.2, -0.15) is 0 Å². The number of hydrogen-bond donors (Lipinski definition) is 2. The molecule has 2 aromatic rings. The van der Waals surface area contributed by atoms with Gasteiger partial charge in [-0.25, -0.2) is 0 Å². The van der Waals surface area contributed by atoms with Crippen molar-refractivity contribution in [2.75, 3.05) is 19.5 Å². The molecule has 0 saturated heterocycles. The van der Waals surface area contributed by atoms with Crippen LogP contribution in [0.1, 0.15) is 10.4 Å². The van der Waals surface area contributed by atoms with E-state index in [2.05, 4.69) is 10.6 Å². The van der Waals surface area contributed by atoms with E-state index in [1.807, 2.05) is 0 Å². The Hall–Kier alpha value is -2.02. The van der Waals surface area contributed by atoms with Crippen molar-refractivity contribution in [3.05, 3.63) is 52.0 Å². The Morgan fingerprint density at radius 2 is 1.79 bits per heavy atom. The van der Waals surface area contributed by atoms with Gasteiger partial charge in [0.2, 0.25) is 0 Å². The fourth-order valence-electron chi connectivity index (χ4n) is 1.89. The molecule has 0 aliphatic heterocycles. The predicted octanol–water partition coefficient (Wildman–Crippen LogP) is 4.14. The number of rotatable bonds is 4. The summed E-state index contributed by atoms with van der Waals surface area (Å²) in [6, 6.07) is 9.80. The van der Waals surface area contributed by atoms with Gasteiger partial charge in [-0.3, -0.25) is 10.1 Å². The molecule has 0 fully saturated rings. The van der Waals surface area contributed by atoms with E-state index in [1.165, 1.54) is 14.2 Å². The molecule has 0 bridgehead atoms. The highest BCUT2D eigenvalue weighted by molar-refractivity contribution is 7.80. The van der Waals surface area contributed by atoms with E-state index in [0.29, 0.717) is 32.8 Å². The van der Waals surface area contributed by atoms with Gasteiger partial charge in [-0.05, 0) is 42.5 Å². The highest BCUT2D eigenvalue weighted by atomic mass is 35.5. The summed E-state index contributed by atoms with van der Waals surface area (Å²) in [6.45, 7) is 0. The summed E-state index contributed by atoms with van der Waals surface area (Å²) in [4.78, 5) is 12.3. The van der Waals surface area contributed by atoms with Gasteiger partial charge in [-0.15, -0.1) is 0 Å². The number of hydrogen-bond acceptors (Lipinski definition) is 4. The molecule has 5 nitrogen and oxygen atoms in total. The van der Waals surface area contributed by atoms with Crippen LogP contribution < -0.4 is 20.1 Å². The second-order valence-electron chi connectivity index (χ2n) is 4.60. The van der Waals surface area contributed by atoms with Crippen LogP contribution in [0, 0.1) is 0 Å². The maximum absolute atomic E-state index is 12.3. The summed E-state index contributed by atoms with van der Waals surface area (Å²) >= 11 is 16.9. The first kappa shape index (κ1) is 18.3. The van der Waals surface area contributed by atoms with Crippen molar-refractivity contribution in [2.24, 2.45) is 0 Å². The number of anilines is 1. The number of carbonyl (C=O) groups excluding carboxylic acids is 1. The zero-order valence-corrected chi connectivity index (χ0v) is 15.2. The van der Waals surface area contributed by atoms with Crippen molar-refractivity contribution >= 4 is 52.1 Å². The zero-order chi connectivity index (χ0) is 17.7. The van der Waals surface area contributed by atoms with E-state index in [1.54, 1.807) is 36.4 Å². The van der Waals surface area contributed by atoms with Crippen LogP contribution >= 0.6 is 35.4 Å². The van der Waals surface area contributed by atoms with Crippen LogP contribution in [-0.4, -0.2) is 25.2 Å². The number of nitrogens with one attached hydrogen (secondary N) is 2. The van der Waals surface area contributed by atoms with E-state index in [9.17, 15) is 4.79 Å². The SMILES string of the molecule is COc1ccc(C(=O)NC(=S)Nc2ccc(Cl)c(Cl)c2)c(OC)c1. The molecule has 0 aliphatic carbocycles. The normalized spacial score (nSPS) is 10.0. The summed E-state index contributed by atoms with van der Waals surface area (Å²) in [5.74, 6) is 0.552. The lowest BCUT2D eigenvalue weighted by Gasteiger charge is -2.13. The number of ether oxygens (including phenoxy) is 2. The van der Waals surface area contributed by atoms with Gasteiger partial charge in [0.05, 0.1) is 29.8 Å². The number of thiocarbonyl (C=S) groups is 1. The standard InChI is InChI=1S/C16H14Cl2N2O3S/c1-22-10-4-5-11(14(8-10)23-2)15(21)20-16(24)19-9-3-6-12(17)13(18)7-9/h3-8H,1-2H3,(H2,19,20,21,24). The monoisotopic (exact) mass is 384 g/mol. The van der Waals surface area contributed by atoms with E-state index in [-0.39, 0.29) is 5.11 Å². The van der Waals surface area contributed by atoms with Crippen molar-refractivity contribution in [3.63, 3.8) is 0 Å². The summed E-state index contributed by atoms with van der Waals surface area (Å²) < 4.78 is 10.3. The lowest BCUT2D eigenvalue weighted by Crippen LogP contribution is -2.34. The van der Waals surface area contributed by atoms with Crippen LogP contribution in [0.2, 0.25) is 10.0 Å². The Labute approximate surface area is 154 Å². The molecule has 0 aromatic heterocycles. The van der Waals surface area contributed by atoms with Crippen LogP contribution in [-0.2, 0) is 0 Å². The maximum Gasteiger partial charge on any atom is 0.261 e. The molecule has 0 heterocycles. The van der Waals surface area contributed by atoms with Crippen molar-refractivity contribution in [2.45, 2.75) is 0 Å². The molecule has 2 aromatic carbocycles. The largest absolute Gasteiger partial charge is 0.497 e. The van der Waals surface area contributed by atoms with Gasteiger partial charge in [0, 0.05) is 11.8 Å². The Balaban J connectivity index is 2.08. The van der Waals surface area contributed by atoms with E-state index >= 15 is 0 Å². The number of benzene rings is 2. The molecule has 2 rings (SSSR count). The number of methoxy groups -OCH3 is 2. The lowest BCUT2D eigenvalue weighted by atomic mass is 10.2. The van der Waals surface area contributed by atoms with Gasteiger partial charge in [0.25, 0.3) is 5.91 Å². The Kier molecular flexibility index (Phi) is 6.25. The predicted molar refractivity (Wildman–Crippen MR) is 99.7 cm³/mol. The molecule has 0 unspecified atom stereocenters. The molecule has 1 amide bonds. The molecular formula is C16H14Cl2N2O3S. The van der Waals surface area contributed by atoms with Crippen LogP contribution in [0.4, 0.5) is 5.69 Å². The summed E-state index contributed by atoms with van der Waals surface area (Å²) in [6.07, 6.45) is 0. The molecule has 2 N–H and O–H groups in total. The van der Waals surface area contributed by atoms with Gasteiger partial charge in [0.1, 0.15) is 11.5 Å². The molecule has 0 atom stereocenters.